The van der Waals surface area contributed by atoms with Crippen LogP contribution in [-0.4, -0.2) is 35.1 Å². The maximum Gasteiger partial charge on any atom is 0.335 e. The van der Waals surface area contributed by atoms with Crippen LogP contribution in [0.15, 0.2) is 18.2 Å². The molecular formula is C9H11N3O4. The monoisotopic (exact) mass is 225 g/mol. The molecule has 0 bridgehead atoms. The molecular weight excluding hydrogens is 214 g/mol. The lowest BCUT2D eigenvalue weighted by atomic mass is 10.2. The van der Waals surface area contributed by atoms with Gasteiger partial charge in [-0.2, -0.15) is 0 Å². The van der Waals surface area contributed by atoms with Gasteiger partial charge in [0, 0.05) is 20.2 Å². The molecule has 1 aromatic rings. The van der Waals surface area contributed by atoms with Gasteiger partial charge in [-0.15, -0.1) is 0 Å². The number of hydrogen-bond acceptors (Lipinski definition) is 5. The summed E-state index contributed by atoms with van der Waals surface area (Å²) in [6.45, 7) is 0. The van der Waals surface area contributed by atoms with Crippen molar-refractivity contribution >= 4 is 17.3 Å². The van der Waals surface area contributed by atoms with Crippen LogP contribution >= 0.6 is 0 Å². The average molecular weight is 225 g/mol. The van der Waals surface area contributed by atoms with E-state index >= 15 is 0 Å². The van der Waals surface area contributed by atoms with Crippen molar-refractivity contribution in [3.8, 4) is 0 Å². The molecule has 0 radical (unpaired) electrons. The van der Waals surface area contributed by atoms with Gasteiger partial charge in [0.25, 0.3) is 5.69 Å². The highest BCUT2D eigenvalue weighted by molar-refractivity contribution is 5.89. The standard InChI is InChI=1S/C9H11N3O4/c1-11(2)10-7-4-3-6(9(13)14)5-8(7)12(15)16/h3-5,10H,1-2H3,(H,13,14). The first kappa shape index (κ1) is 11.9. The number of nitrogens with one attached hydrogen (secondary N) is 1. The summed E-state index contributed by atoms with van der Waals surface area (Å²) in [7, 11) is 3.35. The molecule has 7 nitrogen and oxygen atoms in total. The minimum atomic E-state index is -1.19. The summed E-state index contributed by atoms with van der Waals surface area (Å²) >= 11 is 0. The van der Waals surface area contributed by atoms with Crippen LogP contribution in [0.2, 0.25) is 0 Å². The molecule has 0 amide bonds. The zero-order chi connectivity index (χ0) is 12.3. The van der Waals surface area contributed by atoms with Crippen molar-refractivity contribution in [2.45, 2.75) is 0 Å². The van der Waals surface area contributed by atoms with Gasteiger partial charge in [-0.25, -0.2) is 9.80 Å². The van der Waals surface area contributed by atoms with Crippen LogP contribution in [0.4, 0.5) is 11.4 Å². The first-order chi connectivity index (χ1) is 7.41. The smallest absolute Gasteiger partial charge is 0.335 e. The molecule has 0 saturated heterocycles. The van der Waals surface area contributed by atoms with Gasteiger partial charge in [-0.05, 0) is 12.1 Å². The molecule has 0 aliphatic carbocycles. The molecule has 1 aromatic carbocycles. The first-order valence-electron chi connectivity index (χ1n) is 4.37. The van der Waals surface area contributed by atoms with Crippen molar-refractivity contribution in [3.63, 3.8) is 0 Å². The summed E-state index contributed by atoms with van der Waals surface area (Å²) < 4.78 is 0. The third-order valence-electron chi connectivity index (χ3n) is 1.79. The SMILES string of the molecule is CN(C)Nc1ccc(C(=O)O)cc1[N+](=O)[O-]. The molecule has 0 fully saturated rings. The molecule has 7 heteroatoms. The van der Waals surface area contributed by atoms with Gasteiger partial charge in [0.05, 0.1) is 10.5 Å². The van der Waals surface area contributed by atoms with E-state index in [2.05, 4.69) is 5.43 Å². The highest BCUT2D eigenvalue weighted by Gasteiger charge is 2.17. The number of hydrogen-bond donors (Lipinski definition) is 2. The predicted octanol–water partition coefficient (Wildman–Crippen LogP) is 1.18. The van der Waals surface area contributed by atoms with Crippen molar-refractivity contribution in [2.24, 2.45) is 0 Å². The minimum Gasteiger partial charge on any atom is -0.478 e. The highest BCUT2D eigenvalue weighted by Crippen LogP contribution is 2.25. The quantitative estimate of drug-likeness (QED) is 0.590. The number of rotatable bonds is 4. The number of carboxylic acids is 1. The van der Waals surface area contributed by atoms with Crippen LogP contribution < -0.4 is 5.43 Å². The van der Waals surface area contributed by atoms with Gasteiger partial charge in [0.2, 0.25) is 0 Å². The Morgan fingerprint density at radius 2 is 2.12 bits per heavy atom. The fourth-order valence-electron chi connectivity index (χ4n) is 1.15. The molecule has 0 atom stereocenters. The second-order valence-electron chi connectivity index (χ2n) is 3.30. The summed E-state index contributed by atoms with van der Waals surface area (Å²) in [6, 6.07) is 3.69. The van der Waals surface area contributed by atoms with Crippen molar-refractivity contribution in [1.82, 2.24) is 5.01 Å². The van der Waals surface area contributed by atoms with Crippen LogP contribution in [-0.2, 0) is 0 Å². The van der Waals surface area contributed by atoms with Gasteiger partial charge in [0.1, 0.15) is 5.69 Å². The Hall–Kier alpha value is -2.15. The maximum absolute atomic E-state index is 10.7. The lowest BCUT2D eigenvalue weighted by Crippen LogP contribution is -2.20. The van der Waals surface area contributed by atoms with Crippen LogP contribution in [0.3, 0.4) is 0 Å². The highest BCUT2D eigenvalue weighted by atomic mass is 16.6. The van der Waals surface area contributed by atoms with Crippen molar-refractivity contribution in [2.75, 3.05) is 19.5 Å². The van der Waals surface area contributed by atoms with Crippen molar-refractivity contribution in [1.29, 1.82) is 0 Å². The topological polar surface area (TPSA) is 95.7 Å². The van der Waals surface area contributed by atoms with Gasteiger partial charge in [-0.1, -0.05) is 0 Å². The number of aromatic carboxylic acids is 1. The normalized spacial score (nSPS) is 10.2. The van der Waals surface area contributed by atoms with Crippen LogP contribution in [0.5, 0.6) is 0 Å². The second-order valence-corrected chi connectivity index (χ2v) is 3.30. The largest absolute Gasteiger partial charge is 0.478 e. The molecule has 86 valence electrons. The van der Waals surface area contributed by atoms with Crippen LogP contribution in [0.1, 0.15) is 10.4 Å². The second kappa shape index (κ2) is 4.58. The lowest BCUT2D eigenvalue weighted by molar-refractivity contribution is -0.384. The Balaban J connectivity index is 3.19. The molecule has 1 rings (SSSR count). The van der Waals surface area contributed by atoms with E-state index in [0.717, 1.165) is 6.07 Å². The lowest BCUT2D eigenvalue weighted by Gasteiger charge is -2.13. The predicted molar refractivity (Wildman–Crippen MR) is 57.4 cm³/mol. The minimum absolute atomic E-state index is 0.115. The number of carbonyl (C=O) groups is 1. The van der Waals surface area contributed by atoms with Crippen LogP contribution in [0.25, 0.3) is 0 Å². The summed E-state index contributed by atoms with van der Waals surface area (Å²) in [5.74, 6) is -1.19. The zero-order valence-corrected chi connectivity index (χ0v) is 8.80. The molecule has 0 unspecified atom stereocenters. The van der Waals surface area contributed by atoms with E-state index in [1.165, 1.54) is 17.1 Å². The fraction of sp³-hybridized carbons (Fsp3) is 0.222. The third-order valence-corrected chi connectivity index (χ3v) is 1.79. The molecule has 2 N–H and O–H groups in total. The zero-order valence-electron chi connectivity index (χ0n) is 8.80. The number of carboxylic acid groups (broad SMARTS) is 1. The summed E-state index contributed by atoms with van der Waals surface area (Å²) in [4.78, 5) is 20.8. The Labute approximate surface area is 91.4 Å². The van der Waals surface area contributed by atoms with E-state index in [9.17, 15) is 14.9 Å². The van der Waals surface area contributed by atoms with Gasteiger partial charge in [-0.3, -0.25) is 10.1 Å². The van der Waals surface area contributed by atoms with E-state index in [1.54, 1.807) is 14.1 Å². The van der Waals surface area contributed by atoms with Crippen LogP contribution in [0, 0.1) is 10.1 Å². The molecule has 0 heterocycles. The number of benzene rings is 1. The van der Waals surface area contributed by atoms with E-state index in [4.69, 9.17) is 5.11 Å². The molecule has 0 saturated carbocycles. The van der Waals surface area contributed by atoms with Crippen molar-refractivity contribution < 1.29 is 14.8 Å². The summed E-state index contributed by atoms with van der Waals surface area (Å²) in [5.41, 5.74) is 2.58. The van der Waals surface area contributed by atoms with Gasteiger partial charge < -0.3 is 10.5 Å². The Kier molecular flexibility index (Phi) is 3.41. The van der Waals surface area contributed by atoms with E-state index < -0.39 is 10.9 Å². The Morgan fingerprint density at radius 3 is 2.56 bits per heavy atom. The average Bonchev–Trinajstić information content (AvgIpc) is 2.16. The van der Waals surface area contributed by atoms with Crippen molar-refractivity contribution in [3.05, 3.63) is 33.9 Å². The van der Waals surface area contributed by atoms with Gasteiger partial charge in [0.15, 0.2) is 0 Å². The molecule has 0 aliphatic heterocycles. The summed E-state index contributed by atoms with van der Waals surface area (Å²) in [6.07, 6.45) is 0. The van der Waals surface area contributed by atoms with Gasteiger partial charge >= 0.3 is 5.97 Å². The molecule has 0 spiro atoms. The number of nitro benzene ring substituents is 1. The summed E-state index contributed by atoms with van der Waals surface area (Å²) in [5, 5.41) is 21.0. The van der Waals surface area contributed by atoms with E-state index in [0.29, 0.717) is 0 Å². The number of hydrazine groups is 1. The third kappa shape index (κ3) is 2.67. The Bertz CT molecular complexity index is 431. The molecule has 0 aliphatic rings. The van der Waals surface area contributed by atoms with E-state index in [1.807, 2.05) is 0 Å². The Morgan fingerprint density at radius 1 is 1.50 bits per heavy atom. The number of anilines is 1. The number of nitrogens with zero attached hydrogens (tertiary/aromatic N) is 2. The van der Waals surface area contributed by atoms with E-state index in [-0.39, 0.29) is 16.9 Å². The molecule has 0 aromatic heterocycles. The first-order valence-corrected chi connectivity index (χ1v) is 4.37. The maximum atomic E-state index is 10.7. The fourth-order valence-corrected chi connectivity index (χ4v) is 1.15. The number of nitro groups is 1. The molecule has 16 heavy (non-hydrogen) atoms.